The lowest BCUT2D eigenvalue weighted by Gasteiger charge is -2.15. The lowest BCUT2D eigenvalue weighted by atomic mass is 9.97. The smallest absolute Gasteiger partial charge is 0.127 e. The highest BCUT2D eigenvalue weighted by Crippen LogP contribution is 2.24. The molecule has 0 N–H and O–H groups in total. The highest BCUT2D eigenvalue weighted by molar-refractivity contribution is 5.76. The van der Waals surface area contributed by atoms with Crippen molar-refractivity contribution >= 4 is 17.3 Å². The minimum atomic E-state index is -0.0719. The molecule has 1 heterocycles. The third kappa shape index (κ3) is 3.19. The van der Waals surface area contributed by atoms with E-state index in [1.165, 1.54) is 0 Å². The number of aldehydes is 1. The van der Waals surface area contributed by atoms with Crippen LogP contribution < -0.4 is 0 Å². The molecular weight excluding hydrogens is 284 g/mol. The maximum Gasteiger partial charge on any atom is 0.127 e. The molecule has 1 aromatic heterocycles. The van der Waals surface area contributed by atoms with Gasteiger partial charge in [0.05, 0.1) is 11.0 Å². The SMILES string of the molecule is CC(C)c1nc2ccccc2n1CCC(C=O)c1ccccc1. The Morgan fingerprint density at radius 2 is 1.74 bits per heavy atom. The highest BCUT2D eigenvalue weighted by atomic mass is 16.1. The molecule has 0 amide bonds. The molecule has 0 spiro atoms. The fourth-order valence-corrected chi connectivity index (χ4v) is 3.05. The second-order valence-corrected chi connectivity index (χ2v) is 6.21. The molecule has 0 aliphatic carbocycles. The van der Waals surface area contributed by atoms with Gasteiger partial charge in [-0.15, -0.1) is 0 Å². The van der Waals surface area contributed by atoms with Crippen molar-refractivity contribution in [2.24, 2.45) is 0 Å². The third-order valence-electron chi connectivity index (χ3n) is 4.26. The van der Waals surface area contributed by atoms with Gasteiger partial charge in [-0.1, -0.05) is 56.3 Å². The summed E-state index contributed by atoms with van der Waals surface area (Å²) in [6.07, 6.45) is 1.84. The van der Waals surface area contributed by atoms with Crippen LogP contribution >= 0.6 is 0 Å². The van der Waals surface area contributed by atoms with Gasteiger partial charge in [-0.3, -0.25) is 0 Å². The number of rotatable bonds is 6. The van der Waals surface area contributed by atoms with Gasteiger partial charge in [0, 0.05) is 18.4 Å². The number of para-hydroxylation sites is 2. The van der Waals surface area contributed by atoms with Crippen molar-refractivity contribution in [2.45, 2.75) is 38.6 Å². The summed E-state index contributed by atoms with van der Waals surface area (Å²) in [4.78, 5) is 16.3. The van der Waals surface area contributed by atoms with Crippen molar-refractivity contribution in [3.05, 3.63) is 66.0 Å². The van der Waals surface area contributed by atoms with Crippen LogP contribution in [0.15, 0.2) is 54.6 Å². The maximum absolute atomic E-state index is 11.5. The average Bonchev–Trinajstić information content (AvgIpc) is 2.96. The summed E-state index contributed by atoms with van der Waals surface area (Å²) in [6, 6.07) is 18.2. The molecular formula is C20H22N2O. The molecule has 0 aliphatic heterocycles. The van der Waals surface area contributed by atoms with E-state index in [9.17, 15) is 4.79 Å². The second-order valence-electron chi connectivity index (χ2n) is 6.21. The molecule has 3 aromatic rings. The van der Waals surface area contributed by atoms with Crippen LogP contribution in [0.5, 0.6) is 0 Å². The molecule has 0 bridgehead atoms. The summed E-state index contributed by atoms with van der Waals surface area (Å²) in [5, 5.41) is 0. The first-order valence-corrected chi connectivity index (χ1v) is 8.16. The van der Waals surface area contributed by atoms with Crippen LogP contribution in [0.4, 0.5) is 0 Å². The van der Waals surface area contributed by atoms with E-state index in [1.807, 2.05) is 48.5 Å². The lowest BCUT2D eigenvalue weighted by Crippen LogP contribution is -2.10. The minimum absolute atomic E-state index is 0.0719. The van der Waals surface area contributed by atoms with Crippen molar-refractivity contribution in [1.29, 1.82) is 0 Å². The van der Waals surface area contributed by atoms with E-state index >= 15 is 0 Å². The Morgan fingerprint density at radius 3 is 2.43 bits per heavy atom. The van der Waals surface area contributed by atoms with Crippen molar-refractivity contribution in [3.63, 3.8) is 0 Å². The third-order valence-corrected chi connectivity index (χ3v) is 4.26. The second kappa shape index (κ2) is 6.78. The zero-order chi connectivity index (χ0) is 16.2. The Kier molecular flexibility index (Phi) is 4.56. The number of hydrogen-bond acceptors (Lipinski definition) is 2. The van der Waals surface area contributed by atoms with E-state index in [1.54, 1.807) is 0 Å². The van der Waals surface area contributed by atoms with E-state index in [4.69, 9.17) is 4.98 Å². The highest BCUT2D eigenvalue weighted by Gasteiger charge is 2.16. The maximum atomic E-state index is 11.5. The molecule has 1 atom stereocenters. The van der Waals surface area contributed by atoms with Gasteiger partial charge < -0.3 is 9.36 Å². The summed E-state index contributed by atoms with van der Waals surface area (Å²) >= 11 is 0. The number of fused-ring (bicyclic) bond motifs is 1. The number of carbonyl (C=O) groups is 1. The topological polar surface area (TPSA) is 34.9 Å². The van der Waals surface area contributed by atoms with Crippen LogP contribution in [0.1, 0.15) is 43.5 Å². The molecule has 2 aromatic carbocycles. The fraction of sp³-hybridized carbons (Fsp3) is 0.300. The number of benzene rings is 2. The predicted octanol–water partition coefficient (Wildman–Crippen LogP) is 4.53. The normalized spacial score (nSPS) is 12.7. The van der Waals surface area contributed by atoms with Crippen molar-refractivity contribution in [3.8, 4) is 0 Å². The van der Waals surface area contributed by atoms with Gasteiger partial charge in [0.1, 0.15) is 12.1 Å². The first-order chi connectivity index (χ1) is 11.2. The lowest BCUT2D eigenvalue weighted by molar-refractivity contribution is -0.109. The van der Waals surface area contributed by atoms with Crippen molar-refractivity contribution in [1.82, 2.24) is 9.55 Å². The Morgan fingerprint density at radius 1 is 1.04 bits per heavy atom. The number of imidazole rings is 1. The van der Waals surface area contributed by atoms with Crippen molar-refractivity contribution < 1.29 is 4.79 Å². The molecule has 0 saturated carbocycles. The first kappa shape index (κ1) is 15.5. The van der Waals surface area contributed by atoms with E-state index < -0.39 is 0 Å². The molecule has 3 nitrogen and oxygen atoms in total. The van der Waals surface area contributed by atoms with E-state index in [0.717, 1.165) is 41.7 Å². The number of hydrogen-bond donors (Lipinski definition) is 0. The number of carbonyl (C=O) groups excluding carboxylic acids is 1. The van der Waals surface area contributed by atoms with Crippen LogP contribution in [0, 0.1) is 0 Å². The van der Waals surface area contributed by atoms with Crippen LogP contribution in [-0.2, 0) is 11.3 Å². The molecule has 0 saturated heterocycles. The van der Waals surface area contributed by atoms with Crippen molar-refractivity contribution in [2.75, 3.05) is 0 Å². The summed E-state index contributed by atoms with van der Waals surface area (Å²) in [6.45, 7) is 5.12. The molecule has 23 heavy (non-hydrogen) atoms. The predicted molar refractivity (Wildman–Crippen MR) is 93.7 cm³/mol. The quantitative estimate of drug-likeness (QED) is 0.627. The molecule has 3 heteroatoms. The van der Waals surface area contributed by atoms with Gasteiger partial charge >= 0.3 is 0 Å². The van der Waals surface area contributed by atoms with Gasteiger partial charge in [-0.05, 0) is 24.1 Å². The van der Waals surface area contributed by atoms with Crippen LogP contribution in [0.3, 0.4) is 0 Å². The Hall–Kier alpha value is -2.42. The summed E-state index contributed by atoms with van der Waals surface area (Å²) in [5.74, 6) is 1.37. The standard InChI is InChI=1S/C20H22N2O/c1-15(2)20-21-18-10-6-7-11-19(18)22(20)13-12-17(14-23)16-8-4-3-5-9-16/h3-11,14-15,17H,12-13H2,1-2H3. The summed E-state index contributed by atoms with van der Waals surface area (Å²) in [5.41, 5.74) is 3.26. The zero-order valence-electron chi connectivity index (χ0n) is 13.6. The van der Waals surface area contributed by atoms with Crippen LogP contribution in [0.2, 0.25) is 0 Å². The Balaban J connectivity index is 1.89. The molecule has 118 valence electrons. The average molecular weight is 306 g/mol. The molecule has 0 fully saturated rings. The molecule has 0 aliphatic rings. The van der Waals surface area contributed by atoms with Gasteiger partial charge in [-0.2, -0.15) is 0 Å². The molecule has 1 unspecified atom stereocenters. The number of aryl methyl sites for hydroxylation is 1. The largest absolute Gasteiger partial charge is 0.328 e. The monoisotopic (exact) mass is 306 g/mol. The van der Waals surface area contributed by atoms with Gasteiger partial charge in [0.2, 0.25) is 0 Å². The van der Waals surface area contributed by atoms with Crippen LogP contribution in [-0.4, -0.2) is 15.8 Å². The molecule has 3 rings (SSSR count). The Labute approximate surface area is 137 Å². The molecule has 0 radical (unpaired) electrons. The number of aromatic nitrogens is 2. The fourth-order valence-electron chi connectivity index (χ4n) is 3.05. The van der Waals surface area contributed by atoms with E-state index in [-0.39, 0.29) is 5.92 Å². The Bertz CT molecular complexity index is 790. The van der Waals surface area contributed by atoms with E-state index in [0.29, 0.717) is 5.92 Å². The van der Waals surface area contributed by atoms with Crippen LogP contribution in [0.25, 0.3) is 11.0 Å². The van der Waals surface area contributed by atoms with Gasteiger partial charge in [-0.25, -0.2) is 4.98 Å². The number of nitrogens with zero attached hydrogens (tertiary/aromatic N) is 2. The van der Waals surface area contributed by atoms with Gasteiger partial charge in [0.25, 0.3) is 0 Å². The first-order valence-electron chi connectivity index (χ1n) is 8.16. The summed E-state index contributed by atoms with van der Waals surface area (Å²) in [7, 11) is 0. The minimum Gasteiger partial charge on any atom is -0.328 e. The van der Waals surface area contributed by atoms with E-state index in [2.05, 4.69) is 24.5 Å². The zero-order valence-corrected chi connectivity index (χ0v) is 13.6. The van der Waals surface area contributed by atoms with Gasteiger partial charge in [0.15, 0.2) is 0 Å². The summed E-state index contributed by atoms with van der Waals surface area (Å²) < 4.78 is 2.26.